The number of fused-ring (bicyclic) bond motifs is 4. The van der Waals surface area contributed by atoms with E-state index in [-0.39, 0.29) is 47.2 Å². The van der Waals surface area contributed by atoms with E-state index < -0.39 is 40.0 Å². The average Bonchev–Trinajstić information content (AvgIpc) is 2.88. The second kappa shape index (κ2) is 11.6. The van der Waals surface area contributed by atoms with Crippen LogP contribution in [0.15, 0.2) is 53.4 Å². The molecule has 0 radical (unpaired) electrons. The first kappa shape index (κ1) is 32.7. The van der Waals surface area contributed by atoms with Gasteiger partial charge in [-0.05, 0) is 74.8 Å². The number of sulfonamides is 1. The highest BCUT2D eigenvalue weighted by Gasteiger charge is 2.53. The first-order valence-corrected chi connectivity index (χ1v) is 16.1. The van der Waals surface area contributed by atoms with Gasteiger partial charge in [-0.15, -0.1) is 13.2 Å². The number of aryl methyl sites for hydroxylation is 2. The minimum atomic E-state index is -4.83. The van der Waals surface area contributed by atoms with E-state index in [9.17, 15) is 26.4 Å². The first-order chi connectivity index (χ1) is 20.8. The van der Waals surface area contributed by atoms with Gasteiger partial charge >= 0.3 is 6.36 Å². The van der Waals surface area contributed by atoms with Crippen molar-refractivity contribution in [3.05, 3.63) is 65.2 Å². The van der Waals surface area contributed by atoms with Crippen molar-refractivity contribution in [3.63, 3.8) is 0 Å². The second-order valence-corrected chi connectivity index (χ2v) is 15.0. The van der Waals surface area contributed by atoms with E-state index in [0.717, 1.165) is 16.7 Å². The fraction of sp³-hybridized carbons (Fsp3) is 0.469. The number of carbonyl (C=O) groups is 1. The van der Waals surface area contributed by atoms with Crippen LogP contribution in [0.2, 0.25) is 0 Å². The standard InChI is InChI=1S/C32H37F3N4O5S/c1-19-9-7-10-20(2)27(19)25-14-26-37-29(36-25)38-45(41,42)24-12-8-11-21(13-24)28(40)39(23(18-43-26)15-30(3,4)5)22-16-31(6,17-22)44-32(33,34)35/h7-14,22-23H,15-18H2,1-6H3,(H,36,37,38)/t22?,23-,31?/m1/s1. The van der Waals surface area contributed by atoms with Gasteiger partial charge in [-0.2, -0.15) is 4.98 Å². The van der Waals surface area contributed by atoms with E-state index in [1.807, 2.05) is 52.8 Å². The van der Waals surface area contributed by atoms with E-state index in [0.29, 0.717) is 12.1 Å². The Morgan fingerprint density at radius 1 is 1.04 bits per heavy atom. The number of halogens is 3. The monoisotopic (exact) mass is 646 g/mol. The molecule has 9 nitrogen and oxygen atoms in total. The molecule has 45 heavy (non-hydrogen) atoms. The number of benzene rings is 2. The third-order valence-electron chi connectivity index (χ3n) is 8.05. The molecule has 2 aromatic carbocycles. The Kier molecular flexibility index (Phi) is 8.41. The van der Waals surface area contributed by atoms with Gasteiger partial charge in [0.15, 0.2) is 0 Å². The highest BCUT2D eigenvalue weighted by atomic mass is 32.2. The van der Waals surface area contributed by atoms with Crippen LogP contribution in [0.4, 0.5) is 19.1 Å². The van der Waals surface area contributed by atoms with Crippen LogP contribution in [0.3, 0.4) is 0 Å². The van der Waals surface area contributed by atoms with Crippen LogP contribution in [0, 0.1) is 19.3 Å². The maximum absolute atomic E-state index is 14.2. The fourth-order valence-electron chi connectivity index (χ4n) is 6.27. The van der Waals surface area contributed by atoms with E-state index >= 15 is 0 Å². The van der Waals surface area contributed by atoms with Crippen molar-refractivity contribution in [3.8, 4) is 17.1 Å². The molecule has 5 rings (SSSR count). The summed E-state index contributed by atoms with van der Waals surface area (Å²) in [6.07, 6.45) is -4.52. The van der Waals surface area contributed by atoms with E-state index in [1.54, 1.807) is 6.07 Å². The molecule has 1 aliphatic heterocycles. The molecule has 1 saturated carbocycles. The van der Waals surface area contributed by atoms with E-state index in [4.69, 9.17) is 4.74 Å². The topological polar surface area (TPSA) is 111 Å². The number of hydrogen-bond acceptors (Lipinski definition) is 7. The summed E-state index contributed by atoms with van der Waals surface area (Å²) in [6.45, 7) is 11.1. The number of carbonyl (C=O) groups excluding carboxylic acids is 1. The van der Waals surface area contributed by atoms with Crippen molar-refractivity contribution in [2.45, 2.75) is 89.7 Å². The molecule has 13 heteroatoms. The molecule has 1 amide bonds. The molecule has 2 heterocycles. The van der Waals surface area contributed by atoms with Gasteiger partial charge in [0, 0.05) is 23.2 Å². The summed E-state index contributed by atoms with van der Waals surface area (Å²) in [5, 5.41) is 0. The van der Waals surface area contributed by atoms with Crippen molar-refractivity contribution in [1.29, 1.82) is 0 Å². The Labute approximate surface area is 261 Å². The smallest absolute Gasteiger partial charge is 0.475 e. The lowest BCUT2D eigenvalue weighted by Gasteiger charge is -2.52. The number of nitrogens with one attached hydrogen (secondary N) is 1. The van der Waals surface area contributed by atoms with Crippen LogP contribution in [0.5, 0.6) is 5.88 Å². The SMILES string of the molecule is Cc1cccc(C)c1-c1cc2nc(n1)NS(=O)(=O)c1cccc(c1)C(=O)N(C1CC(C)(OC(F)(F)F)C1)[C@H](CC(C)(C)C)CO2. The van der Waals surface area contributed by atoms with Gasteiger partial charge in [-0.25, -0.2) is 18.1 Å². The summed E-state index contributed by atoms with van der Waals surface area (Å²) in [5.74, 6) is -0.641. The summed E-state index contributed by atoms with van der Waals surface area (Å²) < 4.78 is 79.7. The van der Waals surface area contributed by atoms with Gasteiger partial charge in [0.1, 0.15) is 6.61 Å². The Hall–Kier alpha value is -3.71. The van der Waals surface area contributed by atoms with Crippen molar-refractivity contribution in [2.24, 2.45) is 5.41 Å². The number of hydrogen-bond donors (Lipinski definition) is 1. The maximum Gasteiger partial charge on any atom is 0.523 e. The van der Waals surface area contributed by atoms with Crippen molar-refractivity contribution < 1.29 is 35.9 Å². The minimum Gasteiger partial charge on any atom is -0.475 e. The van der Waals surface area contributed by atoms with Gasteiger partial charge in [0.25, 0.3) is 15.9 Å². The van der Waals surface area contributed by atoms with Crippen LogP contribution in [-0.2, 0) is 14.8 Å². The number of anilines is 1. The zero-order valence-corrected chi connectivity index (χ0v) is 26.8. The van der Waals surface area contributed by atoms with Crippen LogP contribution < -0.4 is 9.46 Å². The van der Waals surface area contributed by atoms with Gasteiger partial charge in [-0.3, -0.25) is 9.53 Å². The van der Waals surface area contributed by atoms with Crippen LogP contribution in [0.1, 0.15) is 68.4 Å². The summed E-state index contributed by atoms with van der Waals surface area (Å²) >= 11 is 0. The van der Waals surface area contributed by atoms with Gasteiger partial charge < -0.3 is 9.64 Å². The number of aromatic nitrogens is 2. The predicted molar refractivity (Wildman–Crippen MR) is 162 cm³/mol. The van der Waals surface area contributed by atoms with Crippen LogP contribution >= 0.6 is 0 Å². The van der Waals surface area contributed by atoms with Crippen molar-refractivity contribution >= 4 is 21.9 Å². The average molecular weight is 647 g/mol. The molecule has 1 aliphatic carbocycles. The van der Waals surface area contributed by atoms with Crippen molar-refractivity contribution in [2.75, 3.05) is 11.3 Å². The Balaban J connectivity index is 1.64. The molecule has 1 atom stereocenters. The molecular formula is C32H37F3N4O5S. The number of ether oxygens (including phenoxy) is 2. The maximum atomic E-state index is 14.2. The molecule has 0 spiro atoms. The molecule has 1 fully saturated rings. The number of rotatable bonds is 4. The molecule has 4 bridgehead atoms. The largest absolute Gasteiger partial charge is 0.523 e. The zero-order valence-electron chi connectivity index (χ0n) is 26.0. The predicted octanol–water partition coefficient (Wildman–Crippen LogP) is 6.66. The molecule has 242 valence electrons. The summed E-state index contributed by atoms with van der Waals surface area (Å²) in [6, 6.07) is 11.7. The lowest BCUT2D eigenvalue weighted by Crippen LogP contribution is -2.61. The lowest BCUT2D eigenvalue weighted by molar-refractivity contribution is -0.379. The molecule has 3 aromatic rings. The third kappa shape index (κ3) is 7.41. The summed E-state index contributed by atoms with van der Waals surface area (Å²) in [5.41, 5.74) is 1.31. The van der Waals surface area contributed by atoms with Gasteiger partial charge in [0.2, 0.25) is 11.8 Å². The molecule has 1 N–H and O–H groups in total. The molecular weight excluding hydrogens is 609 g/mol. The van der Waals surface area contributed by atoms with Gasteiger partial charge in [-0.1, -0.05) is 45.0 Å². The van der Waals surface area contributed by atoms with Gasteiger partial charge in [0.05, 0.1) is 22.2 Å². The Bertz CT molecular complexity index is 1700. The first-order valence-electron chi connectivity index (χ1n) is 14.6. The van der Waals surface area contributed by atoms with Crippen molar-refractivity contribution in [1.82, 2.24) is 14.9 Å². The number of alkyl halides is 3. The minimum absolute atomic E-state index is 0.0502. The highest BCUT2D eigenvalue weighted by Crippen LogP contribution is 2.44. The zero-order chi connectivity index (χ0) is 32.9. The van der Waals surface area contributed by atoms with E-state index in [2.05, 4.69) is 19.4 Å². The fourth-order valence-corrected chi connectivity index (χ4v) is 7.26. The number of nitrogens with zero attached hydrogens (tertiary/aromatic N) is 3. The molecule has 0 saturated heterocycles. The lowest BCUT2D eigenvalue weighted by atomic mass is 9.74. The second-order valence-electron chi connectivity index (χ2n) is 13.3. The molecule has 1 aromatic heterocycles. The Morgan fingerprint density at radius 3 is 2.31 bits per heavy atom. The highest BCUT2D eigenvalue weighted by molar-refractivity contribution is 7.92. The van der Waals surface area contributed by atoms with Crippen LogP contribution in [0.25, 0.3) is 11.3 Å². The Morgan fingerprint density at radius 2 is 1.69 bits per heavy atom. The molecule has 2 aliphatic rings. The number of amides is 1. The molecule has 0 unspecified atom stereocenters. The third-order valence-corrected chi connectivity index (χ3v) is 9.37. The van der Waals surface area contributed by atoms with E-state index in [1.165, 1.54) is 36.1 Å². The quantitative estimate of drug-likeness (QED) is 0.338. The summed E-state index contributed by atoms with van der Waals surface area (Å²) in [7, 11) is -4.26. The van der Waals surface area contributed by atoms with Crippen LogP contribution in [-0.4, -0.2) is 59.8 Å². The summed E-state index contributed by atoms with van der Waals surface area (Å²) in [4.78, 5) is 24.4. The normalized spacial score (nSPS) is 23.5.